The fourth-order valence-electron chi connectivity index (χ4n) is 3.38. The van der Waals surface area contributed by atoms with E-state index in [1.807, 2.05) is 6.92 Å². The van der Waals surface area contributed by atoms with E-state index in [0.29, 0.717) is 23.7 Å². The van der Waals surface area contributed by atoms with E-state index in [9.17, 15) is 8.42 Å². The number of ether oxygens (including phenoxy) is 1. The standard InChI is InChI=1S/C15H22N2O3S/c1-11-6-7-12(16)10-15(11)21(18,19)17-8-9-20-14-5-3-2-4-13(14)17/h6-7,10,13-14H,2-5,8-9,16H2,1H3. The van der Waals surface area contributed by atoms with E-state index in [0.717, 1.165) is 31.2 Å². The second-order valence-electron chi connectivity index (χ2n) is 5.90. The van der Waals surface area contributed by atoms with Gasteiger partial charge in [0.1, 0.15) is 0 Å². The lowest BCUT2D eigenvalue weighted by molar-refractivity contribution is -0.0586. The fourth-order valence-corrected chi connectivity index (χ4v) is 5.31. The van der Waals surface area contributed by atoms with Crippen molar-refractivity contribution in [2.24, 2.45) is 0 Å². The van der Waals surface area contributed by atoms with Crippen molar-refractivity contribution in [1.82, 2.24) is 4.31 Å². The van der Waals surface area contributed by atoms with Crippen LogP contribution in [-0.2, 0) is 14.8 Å². The zero-order valence-corrected chi connectivity index (χ0v) is 13.1. The molecule has 0 aromatic heterocycles. The molecule has 1 aliphatic carbocycles. The van der Waals surface area contributed by atoms with E-state index in [-0.39, 0.29) is 12.1 Å². The monoisotopic (exact) mass is 310 g/mol. The molecular formula is C15H22N2O3S. The summed E-state index contributed by atoms with van der Waals surface area (Å²) in [4.78, 5) is 0.328. The third-order valence-corrected chi connectivity index (χ3v) is 6.55. The van der Waals surface area contributed by atoms with Crippen LogP contribution in [0.25, 0.3) is 0 Å². The number of hydrogen-bond donors (Lipinski definition) is 1. The van der Waals surface area contributed by atoms with E-state index in [1.165, 1.54) is 0 Å². The molecule has 1 heterocycles. The Hall–Kier alpha value is -1.11. The molecule has 1 saturated heterocycles. The highest BCUT2D eigenvalue weighted by molar-refractivity contribution is 7.89. The zero-order valence-electron chi connectivity index (χ0n) is 12.3. The zero-order chi connectivity index (χ0) is 15.0. The minimum Gasteiger partial charge on any atom is -0.399 e. The van der Waals surface area contributed by atoms with E-state index in [4.69, 9.17) is 10.5 Å². The summed E-state index contributed by atoms with van der Waals surface area (Å²) in [6.07, 6.45) is 4.06. The molecule has 0 spiro atoms. The lowest BCUT2D eigenvalue weighted by atomic mass is 9.91. The van der Waals surface area contributed by atoms with Crippen molar-refractivity contribution in [2.75, 3.05) is 18.9 Å². The van der Waals surface area contributed by atoms with Crippen molar-refractivity contribution in [3.05, 3.63) is 23.8 Å². The third-order valence-electron chi connectivity index (χ3n) is 4.48. The van der Waals surface area contributed by atoms with Crippen molar-refractivity contribution in [1.29, 1.82) is 0 Å². The number of nitrogen functional groups attached to an aromatic ring is 1. The van der Waals surface area contributed by atoms with Crippen LogP contribution in [0.15, 0.2) is 23.1 Å². The number of nitrogens with zero attached hydrogens (tertiary/aromatic N) is 1. The van der Waals surface area contributed by atoms with Crippen molar-refractivity contribution >= 4 is 15.7 Å². The Kier molecular flexibility index (Phi) is 3.94. The van der Waals surface area contributed by atoms with Crippen molar-refractivity contribution < 1.29 is 13.2 Å². The maximum Gasteiger partial charge on any atom is 0.243 e. The second kappa shape index (κ2) is 5.59. The second-order valence-corrected chi connectivity index (χ2v) is 7.76. The van der Waals surface area contributed by atoms with Gasteiger partial charge >= 0.3 is 0 Å². The van der Waals surface area contributed by atoms with Gasteiger partial charge in [0.25, 0.3) is 0 Å². The van der Waals surface area contributed by atoms with Crippen LogP contribution in [0.2, 0.25) is 0 Å². The highest BCUT2D eigenvalue weighted by Gasteiger charge is 2.41. The number of sulfonamides is 1. The molecule has 1 saturated carbocycles. The largest absolute Gasteiger partial charge is 0.399 e. The summed E-state index contributed by atoms with van der Waals surface area (Å²) in [5, 5.41) is 0. The quantitative estimate of drug-likeness (QED) is 0.847. The molecule has 0 radical (unpaired) electrons. The first-order chi connectivity index (χ1) is 10.00. The smallest absolute Gasteiger partial charge is 0.243 e. The molecule has 1 aromatic carbocycles. The van der Waals surface area contributed by atoms with Crippen LogP contribution in [0.4, 0.5) is 5.69 Å². The molecule has 2 aliphatic rings. The normalized spacial score (nSPS) is 27.3. The predicted octanol–water partition coefficient (Wildman–Crippen LogP) is 1.91. The van der Waals surface area contributed by atoms with Gasteiger partial charge in [-0.3, -0.25) is 0 Å². The molecule has 1 aliphatic heterocycles. The number of nitrogens with two attached hydrogens (primary N) is 1. The van der Waals surface area contributed by atoms with Crippen molar-refractivity contribution in [3.8, 4) is 0 Å². The summed E-state index contributed by atoms with van der Waals surface area (Å²) in [5.74, 6) is 0. The molecule has 21 heavy (non-hydrogen) atoms. The average molecular weight is 310 g/mol. The predicted molar refractivity (Wildman–Crippen MR) is 81.5 cm³/mol. The lowest BCUT2D eigenvalue weighted by Crippen LogP contribution is -2.54. The third kappa shape index (κ3) is 2.67. The summed E-state index contributed by atoms with van der Waals surface area (Å²) < 4.78 is 33.5. The molecule has 0 amide bonds. The highest BCUT2D eigenvalue weighted by Crippen LogP contribution is 2.33. The molecule has 3 rings (SSSR count). The van der Waals surface area contributed by atoms with Crippen LogP contribution >= 0.6 is 0 Å². The highest BCUT2D eigenvalue weighted by atomic mass is 32.2. The van der Waals surface area contributed by atoms with Crippen LogP contribution in [-0.4, -0.2) is 38.0 Å². The van der Waals surface area contributed by atoms with Crippen LogP contribution in [0.1, 0.15) is 31.2 Å². The fraction of sp³-hybridized carbons (Fsp3) is 0.600. The number of hydrogen-bond acceptors (Lipinski definition) is 4. The molecule has 6 heteroatoms. The lowest BCUT2D eigenvalue weighted by Gasteiger charge is -2.42. The Balaban J connectivity index is 1.98. The maximum absolute atomic E-state index is 13.0. The first kappa shape index (κ1) is 14.8. The van der Waals surface area contributed by atoms with Crippen molar-refractivity contribution in [2.45, 2.75) is 49.6 Å². The topological polar surface area (TPSA) is 72.6 Å². The number of benzene rings is 1. The van der Waals surface area contributed by atoms with Gasteiger partial charge in [0.15, 0.2) is 0 Å². The number of aryl methyl sites for hydroxylation is 1. The van der Waals surface area contributed by atoms with E-state index >= 15 is 0 Å². The minimum absolute atomic E-state index is 0.0293. The molecule has 2 N–H and O–H groups in total. The van der Waals surface area contributed by atoms with Gasteiger partial charge in [0, 0.05) is 12.2 Å². The molecule has 1 aromatic rings. The average Bonchev–Trinajstić information content (AvgIpc) is 2.49. The van der Waals surface area contributed by atoms with Gasteiger partial charge in [-0.05, 0) is 37.5 Å². The summed E-state index contributed by atoms with van der Waals surface area (Å²) in [6.45, 7) is 2.71. The van der Waals surface area contributed by atoms with Crippen LogP contribution in [0, 0.1) is 6.92 Å². The number of fused-ring (bicyclic) bond motifs is 1. The van der Waals surface area contributed by atoms with Gasteiger partial charge in [-0.25, -0.2) is 8.42 Å². The molecule has 2 fully saturated rings. The van der Waals surface area contributed by atoms with Crippen molar-refractivity contribution in [3.63, 3.8) is 0 Å². The SMILES string of the molecule is Cc1ccc(N)cc1S(=O)(=O)N1CCOC2CCCCC21. The Labute approximate surface area is 126 Å². The Morgan fingerprint density at radius 2 is 2.05 bits per heavy atom. The number of morpholine rings is 1. The minimum atomic E-state index is -3.51. The molecule has 5 nitrogen and oxygen atoms in total. The number of anilines is 1. The molecular weight excluding hydrogens is 288 g/mol. The number of rotatable bonds is 2. The molecule has 2 atom stereocenters. The molecule has 116 valence electrons. The van der Waals surface area contributed by atoms with Crippen LogP contribution < -0.4 is 5.73 Å². The summed E-state index contributed by atoms with van der Waals surface area (Å²) in [5.41, 5.74) is 7.00. The van der Waals surface area contributed by atoms with Gasteiger partial charge in [-0.1, -0.05) is 18.9 Å². The Morgan fingerprint density at radius 3 is 2.86 bits per heavy atom. The Morgan fingerprint density at radius 1 is 1.29 bits per heavy atom. The Bertz CT molecular complexity index is 628. The first-order valence-electron chi connectivity index (χ1n) is 7.50. The molecule has 2 unspecified atom stereocenters. The van der Waals surface area contributed by atoms with Gasteiger partial charge in [0.05, 0.1) is 23.6 Å². The van der Waals surface area contributed by atoms with Gasteiger partial charge in [0.2, 0.25) is 10.0 Å². The first-order valence-corrected chi connectivity index (χ1v) is 8.94. The van der Waals surface area contributed by atoms with Crippen LogP contribution in [0.3, 0.4) is 0 Å². The molecule has 0 bridgehead atoms. The van der Waals surface area contributed by atoms with Gasteiger partial charge < -0.3 is 10.5 Å². The maximum atomic E-state index is 13.0. The van der Waals surface area contributed by atoms with Gasteiger partial charge in [-0.15, -0.1) is 0 Å². The van der Waals surface area contributed by atoms with Crippen LogP contribution in [0.5, 0.6) is 0 Å². The van der Waals surface area contributed by atoms with E-state index in [2.05, 4.69) is 0 Å². The van der Waals surface area contributed by atoms with Gasteiger partial charge in [-0.2, -0.15) is 4.31 Å². The summed E-state index contributed by atoms with van der Waals surface area (Å²) >= 11 is 0. The summed E-state index contributed by atoms with van der Waals surface area (Å²) in [7, 11) is -3.51. The van der Waals surface area contributed by atoms with E-state index < -0.39 is 10.0 Å². The van der Waals surface area contributed by atoms with E-state index in [1.54, 1.807) is 22.5 Å². The summed E-state index contributed by atoms with van der Waals surface area (Å²) in [6, 6.07) is 5.04.